The van der Waals surface area contributed by atoms with Gasteiger partial charge in [-0.2, -0.15) is 0 Å². The molecule has 2 nitrogen and oxygen atoms in total. The Labute approximate surface area is 48.1 Å². The molecule has 0 fully saturated rings. The Kier molecular flexibility index (Phi) is 1.01. The zero-order valence-electron chi connectivity index (χ0n) is 4.77. The maximum absolute atomic E-state index is 8.92. The largest absolute Gasteiger partial charge is 0.504 e. The maximum atomic E-state index is 8.92. The van der Waals surface area contributed by atoms with Crippen LogP contribution in [0, 0.1) is 0 Å². The molecular weight excluding hydrogens is 104 g/mol. The Morgan fingerprint density at radius 3 is 2.50 bits per heavy atom. The predicted octanol–water partition coefficient (Wildman–Crippen LogP) is 1.36. The second-order valence-corrected chi connectivity index (χ2v) is 1.80. The van der Waals surface area contributed by atoms with E-state index in [0.29, 0.717) is 17.9 Å². The fourth-order valence-electron chi connectivity index (χ4n) is 0.581. The Hall–Kier alpha value is -0.920. The number of hydrogen-bond donors (Lipinski definition) is 1. The lowest BCUT2D eigenvalue weighted by molar-refractivity contribution is 0.258. The van der Waals surface area contributed by atoms with E-state index in [1.54, 1.807) is 6.92 Å². The van der Waals surface area contributed by atoms with E-state index in [-0.39, 0.29) is 5.76 Å². The van der Waals surface area contributed by atoms with E-state index in [1.165, 1.54) is 0 Å². The van der Waals surface area contributed by atoms with Crippen LogP contribution in [0.2, 0.25) is 0 Å². The lowest BCUT2D eigenvalue weighted by Crippen LogP contribution is -1.82. The summed E-state index contributed by atoms with van der Waals surface area (Å²) in [6, 6.07) is 0. The molecule has 0 aromatic rings. The molecule has 0 saturated heterocycles. The molecule has 0 amide bonds. The summed E-state index contributed by atoms with van der Waals surface area (Å²) < 4.78 is 4.91. The summed E-state index contributed by atoms with van der Waals surface area (Å²) >= 11 is 0. The van der Waals surface area contributed by atoms with Crippen LogP contribution < -0.4 is 0 Å². The van der Waals surface area contributed by atoms with Crippen molar-refractivity contribution in [1.82, 2.24) is 0 Å². The molecule has 1 heterocycles. The third kappa shape index (κ3) is 0.579. The highest BCUT2D eigenvalue weighted by Crippen LogP contribution is 2.19. The van der Waals surface area contributed by atoms with Crippen molar-refractivity contribution in [1.29, 1.82) is 0 Å². The molecule has 44 valence electrons. The number of aliphatic hydroxyl groups is 1. The molecule has 2 heteroatoms. The van der Waals surface area contributed by atoms with Gasteiger partial charge in [-0.25, -0.2) is 0 Å². The number of hydrogen-bond acceptors (Lipinski definition) is 2. The maximum Gasteiger partial charge on any atom is 0.159 e. The summed E-state index contributed by atoms with van der Waals surface area (Å²) in [6.07, 6.45) is 0. The van der Waals surface area contributed by atoms with Crippen LogP contribution in [-0.2, 0) is 4.74 Å². The normalized spacial score (nSPS) is 19.4. The highest BCUT2D eigenvalue weighted by Gasteiger charge is 2.13. The first-order valence-corrected chi connectivity index (χ1v) is 2.42. The first kappa shape index (κ1) is 5.22. The van der Waals surface area contributed by atoms with E-state index in [0.717, 1.165) is 0 Å². The van der Waals surface area contributed by atoms with Gasteiger partial charge in [-0.15, -0.1) is 0 Å². The summed E-state index contributed by atoms with van der Waals surface area (Å²) in [5.41, 5.74) is 0.669. The molecule has 0 aromatic heterocycles. The monoisotopic (exact) mass is 112 g/mol. The van der Waals surface area contributed by atoms with Crippen molar-refractivity contribution in [3.8, 4) is 0 Å². The fourth-order valence-corrected chi connectivity index (χ4v) is 0.581. The van der Waals surface area contributed by atoms with Gasteiger partial charge in [0.1, 0.15) is 12.4 Å². The number of allylic oxidation sites excluding steroid dienone is 1. The third-order valence-corrected chi connectivity index (χ3v) is 1.13. The van der Waals surface area contributed by atoms with Crippen LogP contribution in [0.5, 0.6) is 0 Å². The van der Waals surface area contributed by atoms with Gasteiger partial charge < -0.3 is 9.84 Å². The molecule has 1 rings (SSSR count). The van der Waals surface area contributed by atoms with E-state index in [9.17, 15) is 0 Å². The van der Waals surface area contributed by atoms with Crippen molar-refractivity contribution in [2.45, 2.75) is 6.92 Å². The molecule has 8 heavy (non-hydrogen) atoms. The number of aliphatic hydroxyl groups excluding tert-OH is 1. The summed E-state index contributed by atoms with van der Waals surface area (Å²) in [5, 5.41) is 8.92. The Balaban J connectivity index is 2.86. The van der Waals surface area contributed by atoms with Crippen LogP contribution in [0.15, 0.2) is 23.7 Å². The second kappa shape index (κ2) is 1.54. The summed E-state index contributed by atoms with van der Waals surface area (Å²) in [4.78, 5) is 0. The smallest absolute Gasteiger partial charge is 0.159 e. The van der Waals surface area contributed by atoms with Crippen LogP contribution in [0.4, 0.5) is 0 Å². The average Bonchev–Trinajstić information content (AvgIpc) is 1.98. The zero-order chi connectivity index (χ0) is 6.15. The highest BCUT2D eigenvalue weighted by atomic mass is 16.5. The van der Waals surface area contributed by atoms with Gasteiger partial charge in [0.05, 0.1) is 0 Å². The van der Waals surface area contributed by atoms with Crippen molar-refractivity contribution in [3.05, 3.63) is 23.7 Å². The topological polar surface area (TPSA) is 29.5 Å². The first-order chi connectivity index (χ1) is 3.72. The highest BCUT2D eigenvalue weighted by molar-refractivity contribution is 5.28. The first-order valence-electron chi connectivity index (χ1n) is 2.42. The number of rotatable bonds is 0. The Morgan fingerprint density at radius 2 is 2.38 bits per heavy atom. The van der Waals surface area contributed by atoms with E-state index < -0.39 is 0 Å². The minimum atomic E-state index is 0.213. The van der Waals surface area contributed by atoms with E-state index >= 15 is 0 Å². The van der Waals surface area contributed by atoms with Gasteiger partial charge in [0, 0.05) is 5.57 Å². The Bertz CT molecular complexity index is 156. The quantitative estimate of drug-likeness (QED) is 0.512. The standard InChI is InChI=1S/C6H8O2/c1-4-3-8-5(2)6(4)7/h7H,1,3H2,2H3. The van der Waals surface area contributed by atoms with Crippen molar-refractivity contribution in [2.75, 3.05) is 6.61 Å². The van der Waals surface area contributed by atoms with E-state index in [1.807, 2.05) is 0 Å². The average molecular weight is 112 g/mol. The van der Waals surface area contributed by atoms with Crippen LogP contribution in [0.1, 0.15) is 6.92 Å². The van der Waals surface area contributed by atoms with Gasteiger partial charge in [0.2, 0.25) is 0 Å². The van der Waals surface area contributed by atoms with Crippen molar-refractivity contribution in [3.63, 3.8) is 0 Å². The van der Waals surface area contributed by atoms with E-state index in [4.69, 9.17) is 9.84 Å². The van der Waals surface area contributed by atoms with Crippen molar-refractivity contribution < 1.29 is 9.84 Å². The lowest BCUT2D eigenvalue weighted by atomic mass is 10.3. The van der Waals surface area contributed by atoms with Crippen molar-refractivity contribution >= 4 is 0 Å². The molecule has 1 N–H and O–H groups in total. The molecule has 0 radical (unpaired) electrons. The molecule has 0 saturated carbocycles. The SMILES string of the molecule is C=C1COC(C)=C1O. The molecule has 0 atom stereocenters. The fraction of sp³-hybridized carbons (Fsp3) is 0.333. The van der Waals surface area contributed by atoms with Gasteiger partial charge in [0.25, 0.3) is 0 Å². The predicted molar refractivity (Wildman–Crippen MR) is 30.4 cm³/mol. The molecular formula is C6H8O2. The third-order valence-electron chi connectivity index (χ3n) is 1.13. The summed E-state index contributed by atoms with van der Waals surface area (Å²) in [6.45, 7) is 5.71. The summed E-state index contributed by atoms with van der Waals surface area (Å²) in [7, 11) is 0. The molecule has 0 unspecified atom stereocenters. The Morgan fingerprint density at radius 1 is 1.75 bits per heavy atom. The van der Waals surface area contributed by atoms with Crippen molar-refractivity contribution in [2.24, 2.45) is 0 Å². The van der Waals surface area contributed by atoms with Crippen LogP contribution in [0.3, 0.4) is 0 Å². The number of ether oxygens (including phenoxy) is 1. The summed E-state index contributed by atoms with van der Waals surface area (Å²) in [5.74, 6) is 0.792. The van der Waals surface area contributed by atoms with Gasteiger partial charge in [0.15, 0.2) is 5.76 Å². The zero-order valence-corrected chi connectivity index (χ0v) is 4.77. The molecule has 0 spiro atoms. The van der Waals surface area contributed by atoms with Crippen LogP contribution in [0.25, 0.3) is 0 Å². The molecule has 0 aliphatic carbocycles. The lowest BCUT2D eigenvalue weighted by Gasteiger charge is -1.89. The second-order valence-electron chi connectivity index (χ2n) is 1.80. The molecule has 0 bridgehead atoms. The molecule has 0 aromatic carbocycles. The minimum Gasteiger partial charge on any atom is -0.504 e. The molecule has 1 aliphatic heterocycles. The van der Waals surface area contributed by atoms with Gasteiger partial charge in [-0.3, -0.25) is 0 Å². The minimum absolute atomic E-state index is 0.213. The van der Waals surface area contributed by atoms with E-state index in [2.05, 4.69) is 6.58 Å². The van der Waals surface area contributed by atoms with Gasteiger partial charge in [-0.05, 0) is 6.92 Å². The van der Waals surface area contributed by atoms with Crippen LogP contribution >= 0.6 is 0 Å². The molecule has 1 aliphatic rings. The van der Waals surface area contributed by atoms with Gasteiger partial charge >= 0.3 is 0 Å². The van der Waals surface area contributed by atoms with Gasteiger partial charge in [-0.1, -0.05) is 6.58 Å². The van der Waals surface area contributed by atoms with Crippen LogP contribution in [-0.4, -0.2) is 11.7 Å².